The molecule has 4 rings (SSSR count). The maximum atomic E-state index is 13.1. The van der Waals surface area contributed by atoms with Gasteiger partial charge in [-0.05, 0) is 36.6 Å². The number of nitrogens with one attached hydrogen (secondary N) is 2. The largest absolute Gasteiger partial charge is 0.497 e. The van der Waals surface area contributed by atoms with Crippen LogP contribution in [-0.4, -0.2) is 28.1 Å². The van der Waals surface area contributed by atoms with Crippen LogP contribution >= 0.6 is 0 Å². The number of amides is 1. The Labute approximate surface area is 161 Å². The number of nitro groups is 1. The highest BCUT2D eigenvalue weighted by Gasteiger charge is 2.38. The molecule has 1 aromatic heterocycles. The van der Waals surface area contributed by atoms with Crippen LogP contribution in [0.4, 0.5) is 5.69 Å². The quantitative estimate of drug-likeness (QED) is 0.518. The van der Waals surface area contributed by atoms with Crippen LogP contribution in [0.3, 0.4) is 0 Å². The molecular formula is C20H20N4O4. The minimum Gasteiger partial charge on any atom is -0.497 e. The van der Waals surface area contributed by atoms with E-state index in [0.29, 0.717) is 10.9 Å². The molecule has 2 N–H and O–H groups in total. The molecule has 0 bridgehead atoms. The van der Waals surface area contributed by atoms with Gasteiger partial charge in [-0.3, -0.25) is 20.0 Å². The van der Waals surface area contributed by atoms with E-state index in [9.17, 15) is 14.9 Å². The van der Waals surface area contributed by atoms with Crippen molar-refractivity contribution in [2.24, 2.45) is 0 Å². The molecule has 8 nitrogen and oxygen atoms in total. The third-order valence-electron chi connectivity index (χ3n) is 5.42. The van der Waals surface area contributed by atoms with Gasteiger partial charge in [0.05, 0.1) is 23.1 Å². The van der Waals surface area contributed by atoms with E-state index in [-0.39, 0.29) is 17.3 Å². The van der Waals surface area contributed by atoms with Gasteiger partial charge in [0.1, 0.15) is 5.75 Å². The van der Waals surface area contributed by atoms with Crippen molar-refractivity contribution in [3.05, 3.63) is 63.8 Å². The molecule has 3 aromatic rings. The first kappa shape index (κ1) is 18.0. The van der Waals surface area contributed by atoms with E-state index < -0.39 is 10.5 Å². The van der Waals surface area contributed by atoms with E-state index in [1.54, 1.807) is 13.2 Å². The second-order valence-corrected chi connectivity index (χ2v) is 7.03. The number of nitrogens with zero attached hydrogens (tertiary/aromatic N) is 2. The number of aromatic nitrogens is 2. The van der Waals surface area contributed by atoms with Gasteiger partial charge in [-0.2, -0.15) is 5.10 Å². The zero-order valence-electron chi connectivity index (χ0n) is 15.4. The molecule has 1 fully saturated rings. The Morgan fingerprint density at radius 1 is 1.21 bits per heavy atom. The van der Waals surface area contributed by atoms with Gasteiger partial charge < -0.3 is 10.1 Å². The highest BCUT2D eigenvalue weighted by atomic mass is 16.6. The van der Waals surface area contributed by atoms with Crippen molar-refractivity contribution in [3.8, 4) is 5.75 Å². The van der Waals surface area contributed by atoms with Gasteiger partial charge in [0.2, 0.25) is 0 Å². The van der Waals surface area contributed by atoms with E-state index in [4.69, 9.17) is 4.74 Å². The van der Waals surface area contributed by atoms with E-state index in [0.717, 1.165) is 37.0 Å². The molecule has 0 spiro atoms. The smallest absolute Gasteiger partial charge is 0.273 e. The minimum atomic E-state index is -0.482. The summed E-state index contributed by atoms with van der Waals surface area (Å²) in [6.07, 6.45) is 3.68. The van der Waals surface area contributed by atoms with Crippen LogP contribution in [0.1, 0.15) is 41.7 Å². The van der Waals surface area contributed by atoms with Crippen molar-refractivity contribution < 1.29 is 14.5 Å². The zero-order valence-corrected chi connectivity index (χ0v) is 15.4. The third-order valence-corrected chi connectivity index (χ3v) is 5.42. The molecule has 1 amide bonds. The lowest BCUT2D eigenvalue weighted by Crippen LogP contribution is -2.44. The van der Waals surface area contributed by atoms with Crippen molar-refractivity contribution >= 4 is 22.5 Å². The number of carbonyl (C=O) groups excluding carboxylic acids is 1. The summed E-state index contributed by atoms with van der Waals surface area (Å²) in [6.45, 7) is 0. The molecule has 1 heterocycles. The lowest BCUT2D eigenvalue weighted by atomic mass is 9.87. The molecule has 28 heavy (non-hydrogen) atoms. The van der Waals surface area contributed by atoms with Gasteiger partial charge >= 0.3 is 0 Å². The molecule has 0 radical (unpaired) electrons. The molecule has 0 atom stereocenters. The lowest BCUT2D eigenvalue weighted by molar-refractivity contribution is -0.384. The van der Waals surface area contributed by atoms with Crippen LogP contribution in [0.15, 0.2) is 42.5 Å². The number of nitro benzene ring substituents is 1. The van der Waals surface area contributed by atoms with Crippen molar-refractivity contribution in [1.29, 1.82) is 0 Å². The van der Waals surface area contributed by atoms with Crippen molar-refractivity contribution in [2.45, 2.75) is 31.2 Å². The van der Waals surface area contributed by atoms with Crippen LogP contribution in [0.2, 0.25) is 0 Å². The first-order valence-electron chi connectivity index (χ1n) is 9.12. The summed E-state index contributed by atoms with van der Waals surface area (Å²) in [5.41, 5.74) is 1.22. The van der Waals surface area contributed by atoms with Crippen LogP contribution in [-0.2, 0) is 5.54 Å². The number of benzene rings is 2. The van der Waals surface area contributed by atoms with E-state index in [1.807, 2.05) is 24.3 Å². The molecule has 1 aliphatic carbocycles. The number of methoxy groups -OCH3 is 1. The molecule has 1 aliphatic rings. The van der Waals surface area contributed by atoms with E-state index in [1.165, 1.54) is 12.1 Å². The number of carbonyl (C=O) groups is 1. The fraction of sp³-hybridized carbons (Fsp3) is 0.300. The van der Waals surface area contributed by atoms with E-state index in [2.05, 4.69) is 15.5 Å². The number of hydrogen-bond acceptors (Lipinski definition) is 5. The molecule has 0 unspecified atom stereocenters. The Bertz CT molecular complexity index is 1040. The van der Waals surface area contributed by atoms with Gasteiger partial charge in [-0.15, -0.1) is 0 Å². The topological polar surface area (TPSA) is 110 Å². The van der Waals surface area contributed by atoms with Gasteiger partial charge in [0.25, 0.3) is 11.6 Å². The highest BCUT2D eigenvalue weighted by Crippen LogP contribution is 2.39. The maximum Gasteiger partial charge on any atom is 0.273 e. The van der Waals surface area contributed by atoms with Crippen molar-refractivity contribution in [2.75, 3.05) is 7.11 Å². The fourth-order valence-corrected chi connectivity index (χ4v) is 3.94. The normalized spacial score (nSPS) is 15.5. The summed E-state index contributed by atoms with van der Waals surface area (Å²) >= 11 is 0. The zero-order chi connectivity index (χ0) is 19.7. The molecule has 0 aliphatic heterocycles. The first-order chi connectivity index (χ1) is 13.5. The summed E-state index contributed by atoms with van der Waals surface area (Å²) < 4.78 is 5.23. The Hall–Kier alpha value is -3.42. The van der Waals surface area contributed by atoms with Gasteiger partial charge in [-0.25, -0.2) is 0 Å². The van der Waals surface area contributed by atoms with Crippen LogP contribution in [0.25, 0.3) is 10.9 Å². The van der Waals surface area contributed by atoms with Crippen LogP contribution < -0.4 is 10.1 Å². The summed E-state index contributed by atoms with van der Waals surface area (Å²) in [5, 5.41) is 21.6. The van der Waals surface area contributed by atoms with E-state index >= 15 is 0 Å². The Morgan fingerprint density at radius 2 is 1.93 bits per heavy atom. The number of hydrogen-bond donors (Lipinski definition) is 2. The average Bonchev–Trinajstić information content (AvgIpc) is 3.35. The monoisotopic (exact) mass is 380 g/mol. The SMILES string of the molecule is COc1ccc(C2(NC(=O)c3n[nH]c4ccc([N+](=O)[O-])cc34)CCCC2)cc1. The fourth-order valence-electron chi connectivity index (χ4n) is 3.94. The third kappa shape index (κ3) is 3.06. The lowest BCUT2D eigenvalue weighted by Gasteiger charge is -2.31. The number of ether oxygens (including phenoxy) is 1. The molecule has 2 aromatic carbocycles. The standard InChI is InChI=1S/C20H20N4O4/c1-28-15-7-4-13(5-8-15)20(10-2-3-11-20)21-19(25)18-16-12-14(24(26)27)6-9-17(16)22-23-18/h4-9,12H,2-3,10-11H2,1H3,(H,21,25)(H,22,23). The second kappa shape index (κ2) is 6.95. The molecule has 0 saturated heterocycles. The highest BCUT2D eigenvalue weighted by molar-refractivity contribution is 6.05. The molecule has 8 heteroatoms. The van der Waals surface area contributed by atoms with Crippen molar-refractivity contribution in [1.82, 2.24) is 15.5 Å². The molecule has 1 saturated carbocycles. The number of non-ortho nitro benzene ring substituents is 1. The predicted molar refractivity (Wildman–Crippen MR) is 103 cm³/mol. The number of rotatable bonds is 5. The molecule has 144 valence electrons. The van der Waals surface area contributed by atoms with Gasteiger partial charge in [0.15, 0.2) is 5.69 Å². The van der Waals surface area contributed by atoms with Gasteiger partial charge in [-0.1, -0.05) is 25.0 Å². The van der Waals surface area contributed by atoms with Gasteiger partial charge in [0, 0.05) is 17.5 Å². The Balaban J connectivity index is 1.68. The average molecular weight is 380 g/mol. The Kier molecular flexibility index (Phi) is 4.46. The Morgan fingerprint density at radius 3 is 2.57 bits per heavy atom. The van der Waals surface area contributed by atoms with Crippen LogP contribution in [0.5, 0.6) is 5.75 Å². The summed E-state index contributed by atoms with van der Waals surface area (Å²) in [6, 6.07) is 12.0. The van der Waals surface area contributed by atoms with Crippen LogP contribution in [0, 0.1) is 10.1 Å². The minimum absolute atomic E-state index is 0.0753. The second-order valence-electron chi connectivity index (χ2n) is 7.03. The number of H-pyrrole nitrogens is 1. The maximum absolute atomic E-state index is 13.1. The number of fused-ring (bicyclic) bond motifs is 1. The first-order valence-corrected chi connectivity index (χ1v) is 9.12. The summed E-state index contributed by atoms with van der Waals surface area (Å²) in [7, 11) is 1.62. The predicted octanol–water partition coefficient (Wildman–Crippen LogP) is 3.68. The van der Waals surface area contributed by atoms with Crippen molar-refractivity contribution in [3.63, 3.8) is 0 Å². The summed E-state index contributed by atoms with van der Waals surface area (Å²) in [4.78, 5) is 23.7. The summed E-state index contributed by atoms with van der Waals surface area (Å²) in [5.74, 6) is 0.415. The number of aromatic amines is 1. The molecular weight excluding hydrogens is 360 g/mol.